The van der Waals surface area contributed by atoms with Gasteiger partial charge in [-0.25, -0.2) is 4.39 Å². The molecule has 15 heavy (non-hydrogen) atoms. The van der Waals surface area contributed by atoms with Crippen molar-refractivity contribution >= 4 is 8.03 Å². The van der Waals surface area contributed by atoms with E-state index in [9.17, 15) is 8.96 Å². The van der Waals surface area contributed by atoms with Crippen molar-refractivity contribution in [3.8, 4) is 6.07 Å². The zero-order valence-corrected chi connectivity index (χ0v) is 9.29. The van der Waals surface area contributed by atoms with E-state index in [1.165, 1.54) is 12.1 Å². The number of halogens is 1. The van der Waals surface area contributed by atoms with Gasteiger partial charge in [0.1, 0.15) is 11.9 Å². The summed E-state index contributed by atoms with van der Waals surface area (Å²) in [6.07, 6.45) is 0.209. The molecule has 1 aromatic carbocycles. The molecule has 0 saturated carbocycles. The zero-order valence-electron chi connectivity index (χ0n) is 8.29. The number of nitriles is 1. The van der Waals surface area contributed by atoms with E-state index in [2.05, 4.69) is 0 Å². The van der Waals surface area contributed by atoms with Gasteiger partial charge in [-0.15, -0.1) is 0 Å². The molecule has 0 bridgehead atoms. The van der Waals surface area contributed by atoms with Crippen LogP contribution >= 0.6 is 8.03 Å². The molecular weight excluding hydrogens is 216 g/mol. The van der Waals surface area contributed by atoms with Crippen molar-refractivity contribution in [1.82, 2.24) is 0 Å². The van der Waals surface area contributed by atoms with Crippen LogP contribution in [0, 0.1) is 17.1 Å². The van der Waals surface area contributed by atoms with Gasteiger partial charge in [-0.2, -0.15) is 5.26 Å². The summed E-state index contributed by atoms with van der Waals surface area (Å²) < 4.78 is 29.3. The van der Waals surface area contributed by atoms with Gasteiger partial charge in [0.05, 0.1) is 12.2 Å². The van der Waals surface area contributed by atoms with Gasteiger partial charge in [0, 0.05) is 6.16 Å². The van der Waals surface area contributed by atoms with E-state index in [1.807, 2.05) is 0 Å². The lowest BCUT2D eigenvalue weighted by Crippen LogP contribution is -1.88. The lowest BCUT2D eigenvalue weighted by atomic mass is 10.1. The van der Waals surface area contributed by atoms with Crippen molar-refractivity contribution in [2.45, 2.75) is 13.1 Å². The summed E-state index contributed by atoms with van der Waals surface area (Å²) in [5, 5.41) is 8.51. The van der Waals surface area contributed by atoms with Crippen molar-refractivity contribution in [2.75, 3.05) is 6.61 Å². The number of hydrogen-bond acceptors (Lipinski definition) is 3. The van der Waals surface area contributed by atoms with Gasteiger partial charge in [0.25, 0.3) is 0 Å². The summed E-state index contributed by atoms with van der Waals surface area (Å²) in [5.74, 6) is -0.582. The molecule has 0 aliphatic rings. The standard InChI is InChI=1S/C10H11FNO2P/c1-2-14-15(13)7-8-3-4-9(6-12)10(11)5-8/h3-5,15H,2,7H2,1H3. The SMILES string of the molecule is CCO[PH](=O)Cc1ccc(C#N)c(F)c1. The average Bonchev–Trinajstić information content (AvgIpc) is 2.18. The predicted molar refractivity (Wildman–Crippen MR) is 55.4 cm³/mol. The summed E-state index contributed by atoms with van der Waals surface area (Å²) in [5.41, 5.74) is 0.582. The monoisotopic (exact) mass is 227 g/mol. The van der Waals surface area contributed by atoms with Crippen molar-refractivity contribution in [1.29, 1.82) is 5.26 Å². The molecule has 1 atom stereocenters. The molecule has 3 nitrogen and oxygen atoms in total. The molecule has 0 saturated heterocycles. The average molecular weight is 227 g/mol. The van der Waals surface area contributed by atoms with Gasteiger partial charge in [-0.3, -0.25) is 4.57 Å². The van der Waals surface area contributed by atoms with Crippen LogP contribution in [-0.2, 0) is 15.3 Å². The van der Waals surface area contributed by atoms with E-state index < -0.39 is 13.8 Å². The Labute approximate surface area is 88.4 Å². The first kappa shape index (κ1) is 11.9. The summed E-state index contributed by atoms with van der Waals surface area (Å²) in [6, 6.07) is 5.91. The lowest BCUT2D eigenvalue weighted by molar-refractivity contribution is 0.350. The highest BCUT2D eigenvalue weighted by atomic mass is 31.1. The number of rotatable bonds is 4. The first-order valence-electron chi connectivity index (χ1n) is 4.51. The Morgan fingerprint density at radius 1 is 1.60 bits per heavy atom. The molecule has 80 valence electrons. The molecule has 1 rings (SSSR count). The van der Waals surface area contributed by atoms with Gasteiger partial charge in [-0.1, -0.05) is 6.07 Å². The molecule has 0 aliphatic heterocycles. The maximum Gasteiger partial charge on any atom is 0.195 e. The summed E-state index contributed by atoms with van der Waals surface area (Å²) in [4.78, 5) is 0. The Hall–Kier alpha value is -1.17. The molecule has 0 fully saturated rings. The van der Waals surface area contributed by atoms with Gasteiger partial charge in [0.2, 0.25) is 0 Å². The number of nitrogens with zero attached hydrogens (tertiary/aromatic N) is 1. The van der Waals surface area contributed by atoms with E-state index in [0.29, 0.717) is 12.2 Å². The number of benzene rings is 1. The molecule has 1 unspecified atom stereocenters. The summed E-state index contributed by atoms with van der Waals surface area (Å²) in [7, 11) is -2.13. The largest absolute Gasteiger partial charge is 0.331 e. The third kappa shape index (κ3) is 3.47. The van der Waals surface area contributed by atoms with Crippen molar-refractivity contribution < 1.29 is 13.5 Å². The molecule has 5 heteroatoms. The fourth-order valence-corrected chi connectivity index (χ4v) is 2.12. The summed E-state index contributed by atoms with van der Waals surface area (Å²) in [6.45, 7) is 2.14. The van der Waals surface area contributed by atoms with Gasteiger partial charge in [0.15, 0.2) is 8.03 Å². The van der Waals surface area contributed by atoms with E-state index >= 15 is 0 Å². The highest BCUT2D eigenvalue weighted by Gasteiger charge is 2.05. The van der Waals surface area contributed by atoms with Crippen LogP contribution < -0.4 is 0 Å². The minimum Gasteiger partial charge on any atom is -0.331 e. The Bertz CT molecular complexity index is 414. The molecule has 0 aromatic heterocycles. The molecule has 0 amide bonds. The predicted octanol–water partition coefficient (Wildman–Crippen LogP) is 2.71. The maximum atomic E-state index is 13.1. The smallest absolute Gasteiger partial charge is 0.195 e. The van der Waals surface area contributed by atoms with Crippen LogP contribution in [0.3, 0.4) is 0 Å². The van der Waals surface area contributed by atoms with E-state index in [4.69, 9.17) is 9.79 Å². The minimum absolute atomic E-state index is 0.00479. The van der Waals surface area contributed by atoms with E-state index in [0.717, 1.165) is 0 Å². The van der Waals surface area contributed by atoms with E-state index in [1.54, 1.807) is 19.1 Å². The van der Waals surface area contributed by atoms with Crippen LogP contribution in [0.2, 0.25) is 0 Å². The Morgan fingerprint density at radius 2 is 2.33 bits per heavy atom. The van der Waals surface area contributed by atoms with Crippen molar-refractivity contribution in [3.05, 3.63) is 35.1 Å². The third-order valence-electron chi connectivity index (χ3n) is 1.81. The minimum atomic E-state index is -2.13. The second kappa shape index (κ2) is 5.65. The van der Waals surface area contributed by atoms with E-state index in [-0.39, 0.29) is 11.7 Å². The first-order valence-corrected chi connectivity index (χ1v) is 6.04. The van der Waals surface area contributed by atoms with Gasteiger partial charge in [-0.05, 0) is 24.6 Å². The summed E-state index contributed by atoms with van der Waals surface area (Å²) >= 11 is 0. The zero-order chi connectivity index (χ0) is 11.3. The second-order valence-corrected chi connectivity index (χ2v) is 4.29. The van der Waals surface area contributed by atoms with Crippen LogP contribution in [-0.4, -0.2) is 6.61 Å². The van der Waals surface area contributed by atoms with Crippen LogP contribution in [0.25, 0.3) is 0 Å². The molecular formula is C10H11FNO2P. The molecule has 0 heterocycles. The normalized spacial score (nSPS) is 12.1. The van der Waals surface area contributed by atoms with Crippen LogP contribution in [0.5, 0.6) is 0 Å². The molecule has 0 radical (unpaired) electrons. The first-order chi connectivity index (χ1) is 7.17. The Morgan fingerprint density at radius 3 is 2.87 bits per heavy atom. The second-order valence-electron chi connectivity index (χ2n) is 2.91. The fraction of sp³-hybridized carbons (Fsp3) is 0.300. The highest BCUT2D eigenvalue weighted by molar-refractivity contribution is 7.38. The topological polar surface area (TPSA) is 50.1 Å². The fourth-order valence-electron chi connectivity index (χ4n) is 1.14. The van der Waals surface area contributed by atoms with Crippen molar-refractivity contribution in [2.24, 2.45) is 0 Å². The lowest BCUT2D eigenvalue weighted by Gasteiger charge is -2.02. The van der Waals surface area contributed by atoms with Crippen LogP contribution in [0.4, 0.5) is 4.39 Å². The third-order valence-corrected chi connectivity index (χ3v) is 3.12. The molecule has 0 aliphatic carbocycles. The highest BCUT2D eigenvalue weighted by Crippen LogP contribution is 2.28. The molecule has 0 N–H and O–H groups in total. The van der Waals surface area contributed by atoms with Crippen LogP contribution in [0.1, 0.15) is 18.1 Å². The Balaban J connectivity index is 2.76. The number of hydrogen-bond donors (Lipinski definition) is 0. The quantitative estimate of drug-likeness (QED) is 0.743. The van der Waals surface area contributed by atoms with Crippen LogP contribution in [0.15, 0.2) is 18.2 Å². The Kier molecular flexibility index (Phi) is 4.48. The van der Waals surface area contributed by atoms with Crippen molar-refractivity contribution in [3.63, 3.8) is 0 Å². The van der Waals surface area contributed by atoms with Gasteiger partial charge >= 0.3 is 0 Å². The van der Waals surface area contributed by atoms with Gasteiger partial charge < -0.3 is 4.52 Å². The maximum absolute atomic E-state index is 13.1. The molecule has 1 aromatic rings. The molecule has 0 spiro atoms.